The molecule has 4 aliphatic rings. The minimum Gasteiger partial charge on any atom is -0.462 e. The van der Waals surface area contributed by atoms with Crippen molar-refractivity contribution in [3.05, 3.63) is 0 Å². The van der Waals surface area contributed by atoms with Crippen LogP contribution < -0.4 is 0 Å². The number of hydrogen-bond acceptors (Lipinski definition) is 6. The van der Waals surface area contributed by atoms with Gasteiger partial charge in [0.1, 0.15) is 12.2 Å². The van der Waals surface area contributed by atoms with E-state index in [1.165, 1.54) is 0 Å². The Morgan fingerprint density at radius 3 is 1.29 bits per heavy atom. The van der Waals surface area contributed by atoms with E-state index in [0.717, 1.165) is 57.8 Å². The number of likely N-dealkylation sites (tertiary alicyclic amines) is 2. The highest BCUT2D eigenvalue weighted by Gasteiger charge is 2.59. The molecule has 0 aromatic heterocycles. The number of carbonyl (C=O) groups is 2. The molecule has 2 aliphatic heterocycles. The fourth-order valence-electron chi connectivity index (χ4n) is 9.73. The second kappa shape index (κ2) is 11.4. The summed E-state index contributed by atoms with van der Waals surface area (Å²) in [6, 6.07) is 0. The monoisotopic (exact) mass is 574 g/mol. The molecule has 4 fully saturated rings. The van der Waals surface area contributed by atoms with Crippen molar-refractivity contribution in [3.63, 3.8) is 0 Å². The highest BCUT2D eigenvalue weighted by Crippen LogP contribution is 2.55. The first-order chi connectivity index (χ1) is 19.1. The molecular formula is C35H62N2O4. The third-order valence-corrected chi connectivity index (χ3v) is 14.5. The van der Waals surface area contributed by atoms with Gasteiger partial charge in [-0.3, -0.25) is 19.4 Å². The third kappa shape index (κ3) is 5.09. The number of rotatable bonds is 8. The van der Waals surface area contributed by atoms with Crippen LogP contribution in [0.1, 0.15) is 127 Å². The van der Waals surface area contributed by atoms with E-state index < -0.39 is 0 Å². The van der Waals surface area contributed by atoms with Crippen molar-refractivity contribution in [2.75, 3.05) is 14.1 Å². The fourth-order valence-corrected chi connectivity index (χ4v) is 9.73. The molecule has 6 heteroatoms. The Kier molecular flexibility index (Phi) is 9.12. The fraction of sp³-hybridized carbons (Fsp3) is 0.943. The molecule has 6 nitrogen and oxygen atoms in total. The van der Waals surface area contributed by atoms with Crippen LogP contribution in [0.4, 0.5) is 0 Å². The highest BCUT2D eigenvalue weighted by molar-refractivity contribution is 5.84. The van der Waals surface area contributed by atoms with Gasteiger partial charge in [0.25, 0.3) is 0 Å². The van der Waals surface area contributed by atoms with Gasteiger partial charge in [0, 0.05) is 46.8 Å². The molecule has 0 radical (unpaired) electrons. The van der Waals surface area contributed by atoms with Gasteiger partial charge in [-0.15, -0.1) is 0 Å². The lowest BCUT2D eigenvalue weighted by Crippen LogP contribution is -2.67. The summed E-state index contributed by atoms with van der Waals surface area (Å²) >= 11 is 0. The molecular weight excluding hydrogens is 512 g/mol. The van der Waals surface area contributed by atoms with Gasteiger partial charge >= 0.3 is 11.9 Å². The molecule has 0 amide bonds. The van der Waals surface area contributed by atoms with Crippen molar-refractivity contribution in [1.29, 1.82) is 0 Å². The molecule has 2 heterocycles. The Labute approximate surface area is 251 Å². The van der Waals surface area contributed by atoms with Crippen LogP contribution in [0.15, 0.2) is 0 Å². The van der Waals surface area contributed by atoms with E-state index in [0.29, 0.717) is 0 Å². The van der Waals surface area contributed by atoms with Crippen LogP contribution in [0.2, 0.25) is 0 Å². The van der Waals surface area contributed by atoms with Crippen LogP contribution >= 0.6 is 0 Å². The molecule has 12 unspecified atom stereocenters. The lowest BCUT2D eigenvalue weighted by Gasteiger charge is -2.59. The second-order valence-electron chi connectivity index (χ2n) is 15.6. The summed E-state index contributed by atoms with van der Waals surface area (Å²) in [6.07, 6.45) is 8.36. The number of piperidine rings is 2. The Morgan fingerprint density at radius 1 is 0.659 bits per heavy atom. The Hall–Kier alpha value is -1.14. The first-order valence-corrected chi connectivity index (χ1v) is 17.0. The van der Waals surface area contributed by atoms with Crippen molar-refractivity contribution in [2.24, 2.45) is 35.5 Å². The summed E-state index contributed by atoms with van der Waals surface area (Å²) in [7, 11) is 4.47. The summed E-state index contributed by atoms with van der Waals surface area (Å²) in [4.78, 5) is 33.2. The van der Waals surface area contributed by atoms with Crippen LogP contribution in [0.5, 0.6) is 0 Å². The summed E-state index contributed by atoms with van der Waals surface area (Å²) in [5, 5.41) is 0. The third-order valence-electron chi connectivity index (χ3n) is 14.5. The maximum Gasteiger partial charge on any atom is 0.310 e. The SMILES string of the molecule is CCC1(C)CC(OC(=O)C2C3CCC(C3)C2C(=O)OC2CC(C)(CC)N(C)C(C)(CC)C2C)C(C)C(C)(CC)N1C. The van der Waals surface area contributed by atoms with Crippen LogP contribution in [0.25, 0.3) is 0 Å². The van der Waals surface area contributed by atoms with Crippen LogP contribution in [-0.4, -0.2) is 70.2 Å². The van der Waals surface area contributed by atoms with Gasteiger partial charge in [0.2, 0.25) is 0 Å². The molecule has 0 N–H and O–H groups in total. The first-order valence-electron chi connectivity index (χ1n) is 17.0. The first kappa shape index (κ1) is 32.8. The van der Waals surface area contributed by atoms with E-state index in [1.807, 2.05) is 0 Å². The largest absolute Gasteiger partial charge is 0.462 e. The molecule has 0 aromatic carbocycles. The molecule has 2 aliphatic carbocycles. The number of fused-ring (bicyclic) bond motifs is 2. The lowest BCUT2D eigenvalue weighted by molar-refractivity contribution is -0.190. The zero-order chi connectivity index (χ0) is 30.7. The maximum absolute atomic E-state index is 14.1. The zero-order valence-electron chi connectivity index (χ0n) is 28.5. The number of carbonyl (C=O) groups excluding carboxylic acids is 2. The van der Waals surface area contributed by atoms with Gasteiger partial charge in [-0.1, -0.05) is 41.5 Å². The minimum absolute atomic E-state index is 0.0304. The lowest BCUT2D eigenvalue weighted by atomic mass is 9.68. The molecule has 2 bridgehead atoms. The number of hydrogen-bond donors (Lipinski definition) is 0. The van der Waals surface area contributed by atoms with Gasteiger partial charge in [0.05, 0.1) is 11.8 Å². The Bertz CT molecular complexity index is 911. The summed E-state index contributed by atoms with van der Waals surface area (Å²) < 4.78 is 13.0. The minimum atomic E-state index is -0.370. The average Bonchev–Trinajstić information content (AvgIpc) is 3.58. The van der Waals surface area contributed by atoms with Gasteiger partial charge in [-0.05, 0) is 98.6 Å². The Balaban J connectivity index is 1.54. The van der Waals surface area contributed by atoms with Crippen LogP contribution in [0.3, 0.4) is 0 Å². The van der Waals surface area contributed by atoms with Gasteiger partial charge < -0.3 is 9.47 Å². The quantitative estimate of drug-likeness (QED) is 0.289. The van der Waals surface area contributed by atoms with E-state index in [9.17, 15) is 9.59 Å². The Morgan fingerprint density at radius 2 is 1.00 bits per heavy atom. The molecule has 236 valence electrons. The molecule has 12 atom stereocenters. The van der Waals surface area contributed by atoms with Crippen molar-refractivity contribution in [3.8, 4) is 0 Å². The van der Waals surface area contributed by atoms with Crippen molar-refractivity contribution < 1.29 is 19.1 Å². The van der Waals surface area contributed by atoms with Gasteiger partial charge in [-0.2, -0.15) is 0 Å². The summed E-state index contributed by atoms with van der Waals surface area (Å²) in [6.45, 7) is 22.7. The summed E-state index contributed by atoms with van der Waals surface area (Å²) in [5.74, 6) is -0.142. The maximum atomic E-state index is 14.1. The van der Waals surface area contributed by atoms with E-state index in [-0.39, 0.29) is 81.8 Å². The van der Waals surface area contributed by atoms with Crippen molar-refractivity contribution in [1.82, 2.24) is 9.80 Å². The topological polar surface area (TPSA) is 59.1 Å². The van der Waals surface area contributed by atoms with Crippen molar-refractivity contribution >= 4 is 11.9 Å². The van der Waals surface area contributed by atoms with E-state index in [1.54, 1.807) is 0 Å². The smallest absolute Gasteiger partial charge is 0.310 e. The van der Waals surface area contributed by atoms with E-state index in [2.05, 4.69) is 93.1 Å². The highest BCUT2D eigenvalue weighted by atomic mass is 16.6. The standard InChI is InChI=1S/C35H62N2O4/c1-13-32(7)20-26(22(5)34(9,15-3)36(32)11)40-30(38)28-24-17-18-25(19-24)29(28)31(39)41-27-21-33(8,14-2)37(12)35(10,16-4)23(27)6/h22-29H,13-21H2,1-12H3. The molecule has 4 rings (SSSR count). The normalized spacial score (nSPS) is 48.8. The number of nitrogens with zero attached hydrogens (tertiary/aromatic N) is 2. The van der Waals surface area contributed by atoms with Crippen LogP contribution in [-0.2, 0) is 19.1 Å². The predicted octanol–water partition coefficient (Wildman–Crippen LogP) is 7.09. The number of esters is 2. The molecule has 0 aromatic rings. The van der Waals surface area contributed by atoms with E-state index in [4.69, 9.17) is 9.47 Å². The molecule has 0 spiro atoms. The average molecular weight is 575 g/mol. The zero-order valence-corrected chi connectivity index (χ0v) is 28.5. The molecule has 41 heavy (non-hydrogen) atoms. The molecule has 2 saturated heterocycles. The second-order valence-corrected chi connectivity index (χ2v) is 15.6. The summed E-state index contributed by atoms with van der Waals surface area (Å²) in [5.41, 5.74) is -0.166. The number of ether oxygens (including phenoxy) is 2. The van der Waals surface area contributed by atoms with Gasteiger partial charge in [0.15, 0.2) is 0 Å². The van der Waals surface area contributed by atoms with Crippen molar-refractivity contribution in [2.45, 2.75) is 161 Å². The molecule has 2 saturated carbocycles. The predicted molar refractivity (Wildman–Crippen MR) is 165 cm³/mol. The van der Waals surface area contributed by atoms with E-state index >= 15 is 0 Å². The van der Waals surface area contributed by atoms with Crippen LogP contribution in [0, 0.1) is 35.5 Å². The van der Waals surface area contributed by atoms with Gasteiger partial charge in [-0.25, -0.2) is 0 Å².